The Hall–Kier alpha value is -0.115. The maximum absolute atomic E-state index is 9.89. The van der Waals surface area contributed by atoms with E-state index >= 15 is 0 Å². The van der Waals surface area contributed by atoms with Gasteiger partial charge in [-0.15, -0.1) is 0 Å². The highest BCUT2D eigenvalue weighted by molar-refractivity contribution is 7.89. The third-order valence-electron chi connectivity index (χ3n) is 0.585. The van der Waals surface area contributed by atoms with E-state index < -0.39 is 20.0 Å². The number of rotatable bonds is 2. The van der Waals surface area contributed by atoms with Crippen molar-refractivity contribution in [2.75, 3.05) is 19.6 Å². The highest BCUT2D eigenvalue weighted by Gasteiger charge is 1.88. The minimum atomic E-state index is -3.13. The van der Waals surface area contributed by atoms with Gasteiger partial charge in [-0.2, -0.15) is 0 Å². The molecule has 0 fully saturated rings. The minimum absolute atomic E-state index is 0.979. The highest BCUT2D eigenvalue weighted by Crippen LogP contribution is 1.62. The van der Waals surface area contributed by atoms with Crippen LogP contribution in [0.2, 0.25) is 0 Å². The van der Waals surface area contributed by atoms with Gasteiger partial charge >= 0.3 is 0 Å². The van der Waals surface area contributed by atoms with Crippen molar-refractivity contribution in [1.29, 1.82) is 0 Å². The molecule has 9 heteroatoms. The number of hydrogen-bond acceptors (Lipinski definition) is 4. The van der Waals surface area contributed by atoms with E-state index in [1.165, 1.54) is 7.05 Å². The summed E-state index contributed by atoms with van der Waals surface area (Å²) in [4.78, 5) is 0. The largest absolute Gasteiger partial charge is 0.269 e. The predicted octanol–water partition coefficient (Wildman–Crippen LogP) is -2.22. The minimum Gasteiger partial charge on any atom is -0.269 e. The van der Waals surface area contributed by atoms with Crippen LogP contribution in [0.25, 0.3) is 0 Å². The van der Waals surface area contributed by atoms with Crippen LogP contribution < -0.4 is 9.36 Å². The number of nitrogens with one attached hydrogen (secondary N) is 2. The fourth-order valence-electron chi connectivity index (χ4n) is 0. The summed E-state index contributed by atoms with van der Waals surface area (Å²) >= 11 is 0. The molecule has 0 bridgehead atoms. The van der Waals surface area contributed by atoms with Crippen LogP contribution in [0, 0.1) is 0 Å². The summed E-state index contributed by atoms with van der Waals surface area (Å²) in [6.07, 6.45) is 2.08. The molecule has 0 spiro atoms. The third-order valence-corrected chi connectivity index (χ3v) is 1.75. The highest BCUT2D eigenvalue weighted by atomic mass is 32.2. The molecule has 0 aromatic carbocycles. The zero-order valence-electron chi connectivity index (χ0n) is 7.03. The van der Waals surface area contributed by atoms with Crippen LogP contribution in [0.15, 0.2) is 0 Å². The topological polar surface area (TPSA) is 92.3 Å². The van der Waals surface area contributed by atoms with Crippen molar-refractivity contribution in [3.8, 4) is 0 Å². The van der Waals surface area contributed by atoms with Gasteiger partial charge < -0.3 is 0 Å². The Kier molecular flexibility index (Phi) is 6.63. The smallest absolute Gasteiger partial charge is 0.208 e. The summed E-state index contributed by atoms with van der Waals surface area (Å²) in [6.45, 7) is 0. The van der Waals surface area contributed by atoms with Crippen LogP contribution in [0.5, 0.6) is 0 Å². The van der Waals surface area contributed by atoms with Gasteiger partial charge in [0.05, 0.1) is 12.5 Å². The van der Waals surface area contributed by atoms with Crippen molar-refractivity contribution >= 4 is 28.0 Å². The molecule has 2 radical (unpaired) electrons. The predicted molar refractivity (Wildman–Crippen MR) is 47.6 cm³/mol. The Bertz CT molecular complexity index is 262. The standard InChI is InChI=1S/C2H7NO2S.CH4BNO2S/c1-3-6(2,4)5;1-6(4,5)3-2/h3H,1-2H3;3H,1H3. The van der Waals surface area contributed by atoms with Crippen LogP contribution in [0.3, 0.4) is 0 Å². The molecule has 6 nitrogen and oxygen atoms in total. The molecule has 0 aliphatic heterocycles. The fourth-order valence-corrected chi connectivity index (χ4v) is 0. The first-order valence-electron chi connectivity index (χ1n) is 2.68. The summed E-state index contributed by atoms with van der Waals surface area (Å²) in [5.41, 5.74) is 0. The van der Waals surface area contributed by atoms with Crippen LogP contribution >= 0.6 is 0 Å². The Balaban J connectivity index is 0. The zero-order chi connectivity index (χ0) is 10.4. The SMILES string of the molecule is CNS(C)(=O)=O.[B]NS(C)(=O)=O. The first kappa shape index (κ1) is 14.4. The summed E-state index contributed by atoms with van der Waals surface area (Å²) in [6, 6.07) is 0. The molecule has 0 heterocycles. The Morgan fingerprint density at radius 2 is 1.17 bits per heavy atom. The maximum atomic E-state index is 9.89. The van der Waals surface area contributed by atoms with Gasteiger partial charge in [0.2, 0.25) is 18.0 Å². The molecule has 72 valence electrons. The fraction of sp³-hybridized carbons (Fsp3) is 1.00. The lowest BCUT2D eigenvalue weighted by molar-refractivity contribution is 0.594. The van der Waals surface area contributed by atoms with E-state index in [1.54, 1.807) is 4.63 Å². The summed E-state index contributed by atoms with van der Waals surface area (Å²) < 4.78 is 43.0. The molecule has 0 rings (SSSR count). The van der Waals surface area contributed by atoms with E-state index in [2.05, 4.69) is 12.7 Å². The van der Waals surface area contributed by atoms with Crippen molar-refractivity contribution < 1.29 is 16.8 Å². The lowest BCUT2D eigenvalue weighted by Gasteiger charge is -1.85. The van der Waals surface area contributed by atoms with Gasteiger partial charge in [-0.05, 0) is 7.05 Å². The molecule has 0 atom stereocenters. The van der Waals surface area contributed by atoms with Gasteiger partial charge in [0.1, 0.15) is 0 Å². The van der Waals surface area contributed by atoms with E-state index in [4.69, 9.17) is 0 Å². The van der Waals surface area contributed by atoms with Crippen LogP contribution in [-0.2, 0) is 20.0 Å². The molecule has 12 heavy (non-hydrogen) atoms. The lowest BCUT2D eigenvalue weighted by Crippen LogP contribution is -2.17. The third kappa shape index (κ3) is 22.5. The molecule has 0 unspecified atom stereocenters. The molecule has 2 N–H and O–H groups in total. The summed E-state index contributed by atoms with van der Waals surface area (Å²) in [7, 11) is -0.208. The average Bonchev–Trinajstić information content (AvgIpc) is 1.86. The Labute approximate surface area is 74.3 Å². The van der Waals surface area contributed by atoms with Gasteiger partial charge in [-0.25, -0.2) is 21.6 Å². The van der Waals surface area contributed by atoms with Crippen molar-refractivity contribution in [3.63, 3.8) is 0 Å². The molecule has 0 aromatic heterocycles. The molecule has 0 aliphatic rings. The van der Waals surface area contributed by atoms with Crippen LogP contribution in [-0.4, -0.2) is 44.4 Å². The van der Waals surface area contributed by atoms with Gasteiger partial charge in [-0.3, -0.25) is 4.63 Å². The Morgan fingerprint density at radius 1 is 1.00 bits per heavy atom. The first-order chi connectivity index (χ1) is 5.12. The maximum Gasteiger partial charge on any atom is 0.208 e. The monoisotopic (exact) mass is 214 g/mol. The van der Waals surface area contributed by atoms with Crippen LogP contribution in [0.1, 0.15) is 0 Å². The van der Waals surface area contributed by atoms with Gasteiger partial charge in [0, 0.05) is 0 Å². The van der Waals surface area contributed by atoms with E-state index in [0.717, 1.165) is 12.5 Å². The molecular weight excluding hydrogens is 203 g/mol. The summed E-state index contributed by atoms with van der Waals surface area (Å²) in [5.74, 6) is 0. The number of sulfonamides is 2. The average molecular weight is 214 g/mol. The van der Waals surface area contributed by atoms with Gasteiger partial charge in [0.25, 0.3) is 0 Å². The number of hydrogen-bond donors (Lipinski definition) is 2. The molecule has 0 amide bonds. The molecule has 0 aromatic rings. The van der Waals surface area contributed by atoms with Crippen molar-refractivity contribution in [2.45, 2.75) is 0 Å². The second-order valence-electron chi connectivity index (χ2n) is 1.87. The van der Waals surface area contributed by atoms with Gasteiger partial charge in [0.15, 0.2) is 10.0 Å². The molecular formula is C3H11BN2O4S2. The molecule has 0 saturated carbocycles. The lowest BCUT2D eigenvalue weighted by atomic mass is 10.5. The van der Waals surface area contributed by atoms with Crippen molar-refractivity contribution in [1.82, 2.24) is 9.36 Å². The molecule has 0 saturated heterocycles. The Morgan fingerprint density at radius 3 is 1.17 bits per heavy atom. The molecule has 0 aliphatic carbocycles. The van der Waals surface area contributed by atoms with Crippen LogP contribution in [0.4, 0.5) is 0 Å². The van der Waals surface area contributed by atoms with E-state index in [-0.39, 0.29) is 0 Å². The van der Waals surface area contributed by atoms with E-state index in [9.17, 15) is 16.8 Å². The van der Waals surface area contributed by atoms with Crippen molar-refractivity contribution in [2.24, 2.45) is 0 Å². The first-order valence-corrected chi connectivity index (χ1v) is 6.46. The normalized spacial score (nSPS) is 11.6. The zero-order valence-corrected chi connectivity index (χ0v) is 8.66. The van der Waals surface area contributed by atoms with Gasteiger partial charge in [-0.1, -0.05) is 0 Å². The van der Waals surface area contributed by atoms with E-state index in [1.807, 2.05) is 0 Å². The second kappa shape index (κ2) is 5.52. The second-order valence-corrected chi connectivity index (χ2v) is 5.60. The van der Waals surface area contributed by atoms with E-state index in [0.29, 0.717) is 0 Å². The quantitative estimate of drug-likeness (QED) is 0.509. The summed E-state index contributed by atoms with van der Waals surface area (Å²) in [5, 5.41) is 0. The van der Waals surface area contributed by atoms with Crippen molar-refractivity contribution in [3.05, 3.63) is 0 Å².